The van der Waals surface area contributed by atoms with Gasteiger partial charge in [-0.15, -0.1) is 0 Å². The number of esters is 1. The summed E-state index contributed by atoms with van der Waals surface area (Å²) in [6.45, 7) is 0.0850. The van der Waals surface area contributed by atoms with Gasteiger partial charge in [0.2, 0.25) is 12.5 Å². The lowest BCUT2D eigenvalue weighted by Crippen LogP contribution is -2.32. The molecule has 30 heavy (non-hydrogen) atoms. The normalized spacial score (nSPS) is 19.1. The molecule has 4 rings (SSSR count). The van der Waals surface area contributed by atoms with E-state index in [1.165, 1.54) is 28.4 Å². The lowest BCUT2D eigenvalue weighted by Gasteiger charge is -2.32. The zero-order valence-corrected chi connectivity index (χ0v) is 17.1. The van der Waals surface area contributed by atoms with Crippen molar-refractivity contribution in [3.8, 4) is 28.7 Å². The monoisotopic (exact) mass is 414 g/mol. The largest absolute Gasteiger partial charge is 0.493 e. The maximum Gasteiger partial charge on any atom is 0.310 e. The Hall–Kier alpha value is -3.42. The summed E-state index contributed by atoms with van der Waals surface area (Å²) in [7, 11) is 5.88. The molecule has 0 fully saturated rings. The van der Waals surface area contributed by atoms with Crippen LogP contribution in [0.4, 0.5) is 0 Å². The molecule has 2 aromatic carbocycles. The zero-order valence-electron chi connectivity index (χ0n) is 17.1. The number of hydrogen-bond acceptors (Lipinski definition) is 8. The van der Waals surface area contributed by atoms with Crippen LogP contribution in [0, 0.1) is 5.92 Å². The first kappa shape index (κ1) is 19.9. The number of ether oxygens (including phenoxy) is 6. The third kappa shape index (κ3) is 3.08. The zero-order chi connectivity index (χ0) is 21.4. The highest BCUT2D eigenvalue weighted by Crippen LogP contribution is 2.49. The minimum atomic E-state index is -0.710. The Kier molecular flexibility index (Phi) is 5.15. The maximum absolute atomic E-state index is 12.9. The van der Waals surface area contributed by atoms with Crippen molar-refractivity contribution in [3.05, 3.63) is 41.0 Å². The van der Waals surface area contributed by atoms with Crippen LogP contribution in [-0.2, 0) is 9.53 Å². The van der Waals surface area contributed by atoms with Crippen molar-refractivity contribution >= 4 is 11.8 Å². The first-order chi connectivity index (χ1) is 14.5. The summed E-state index contributed by atoms with van der Waals surface area (Å²) in [6.07, 6.45) is 0.0145. The molecule has 2 atom stereocenters. The molecule has 2 aliphatic rings. The first-order valence-electron chi connectivity index (χ1n) is 9.36. The summed E-state index contributed by atoms with van der Waals surface area (Å²) in [6, 6.07) is 7.01. The van der Waals surface area contributed by atoms with Gasteiger partial charge in [0, 0.05) is 17.9 Å². The van der Waals surface area contributed by atoms with E-state index in [1.807, 2.05) is 0 Å². The Morgan fingerprint density at radius 1 is 0.933 bits per heavy atom. The number of carbonyl (C=O) groups is 2. The van der Waals surface area contributed by atoms with E-state index < -0.39 is 17.8 Å². The number of hydrogen-bond donors (Lipinski definition) is 0. The molecule has 0 saturated heterocycles. The van der Waals surface area contributed by atoms with Crippen molar-refractivity contribution in [2.45, 2.75) is 12.3 Å². The Labute approximate surface area is 173 Å². The number of methoxy groups -OCH3 is 4. The second-order valence-corrected chi connectivity index (χ2v) is 6.99. The lowest BCUT2D eigenvalue weighted by molar-refractivity contribution is -0.146. The van der Waals surface area contributed by atoms with Gasteiger partial charge >= 0.3 is 5.97 Å². The van der Waals surface area contributed by atoms with Gasteiger partial charge in [0.25, 0.3) is 0 Å². The van der Waals surface area contributed by atoms with Crippen LogP contribution in [-0.4, -0.2) is 47.0 Å². The SMILES string of the molecule is COC(=O)[C@@H]1CC(=O)c2cc3c(cc2[C@H]1c1cc(OC)c(OC)c(OC)c1)OCO3. The predicted octanol–water partition coefficient (Wildman–Crippen LogP) is 2.95. The summed E-state index contributed by atoms with van der Waals surface area (Å²) in [5, 5.41) is 0. The van der Waals surface area contributed by atoms with Gasteiger partial charge in [0.1, 0.15) is 0 Å². The van der Waals surface area contributed by atoms with Gasteiger partial charge in [-0.1, -0.05) is 0 Å². The molecule has 2 aromatic rings. The van der Waals surface area contributed by atoms with Crippen molar-refractivity contribution in [3.63, 3.8) is 0 Å². The molecule has 1 aliphatic carbocycles. The molecule has 0 aromatic heterocycles. The molecule has 0 bridgehead atoms. The molecule has 158 valence electrons. The summed E-state index contributed by atoms with van der Waals surface area (Å²) in [5.41, 5.74) is 1.89. The third-order valence-corrected chi connectivity index (χ3v) is 5.54. The standard InChI is InChI=1S/C22H22O8/c1-25-18-5-11(6-19(26-2)21(18)27-3)20-13-9-17-16(29-10-30-17)8-12(13)15(23)7-14(20)22(24)28-4/h5-6,8-9,14,20H,7,10H2,1-4H3/t14-,20-/m1/s1. The van der Waals surface area contributed by atoms with Crippen LogP contribution in [0.1, 0.15) is 33.8 Å². The van der Waals surface area contributed by atoms with Gasteiger partial charge in [-0.2, -0.15) is 0 Å². The molecule has 1 heterocycles. The van der Waals surface area contributed by atoms with E-state index in [2.05, 4.69) is 0 Å². The van der Waals surface area contributed by atoms with Crippen LogP contribution in [0.25, 0.3) is 0 Å². The van der Waals surface area contributed by atoms with Gasteiger partial charge in [0.05, 0.1) is 34.4 Å². The highest BCUT2D eigenvalue weighted by molar-refractivity contribution is 6.02. The summed E-state index contributed by atoms with van der Waals surface area (Å²) >= 11 is 0. The lowest BCUT2D eigenvalue weighted by atomic mass is 9.71. The highest BCUT2D eigenvalue weighted by atomic mass is 16.7. The third-order valence-electron chi connectivity index (χ3n) is 5.54. The minimum absolute atomic E-state index is 0.0145. The van der Waals surface area contributed by atoms with Crippen LogP contribution in [0.2, 0.25) is 0 Å². The molecule has 0 unspecified atom stereocenters. The quantitative estimate of drug-likeness (QED) is 0.690. The number of carbonyl (C=O) groups excluding carboxylic acids is 2. The second-order valence-electron chi connectivity index (χ2n) is 6.99. The van der Waals surface area contributed by atoms with Crippen molar-refractivity contribution in [2.75, 3.05) is 35.2 Å². The summed E-state index contributed by atoms with van der Waals surface area (Å²) in [5.74, 6) is 0.589. The Balaban J connectivity index is 1.95. The van der Waals surface area contributed by atoms with Gasteiger partial charge in [-0.25, -0.2) is 0 Å². The van der Waals surface area contributed by atoms with E-state index in [0.29, 0.717) is 39.9 Å². The van der Waals surface area contributed by atoms with E-state index in [1.54, 1.807) is 24.3 Å². The van der Waals surface area contributed by atoms with Gasteiger partial charge < -0.3 is 28.4 Å². The molecule has 8 nitrogen and oxygen atoms in total. The van der Waals surface area contributed by atoms with Crippen LogP contribution < -0.4 is 23.7 Å². The molecule has 0 amide bonds. The predicted molar refractivity (Wildman–Crippen MR) is 105 cm³/mol. The number of benzene rings is 2. The van der Waals surface area contributed by atoms with E-state index in [4.69, 9.17) is 28.4 Å². The van der Waals surface area contributed by atoms with Crippen LogP contribution in [0.15, 0.2) is 24.3 Å². The number of fused-ring (bicyclic) bond motifs is 2. The van der Waals surface area contributed by atoms with Gasteiger partial charge in [0.15, 0.2) is 28.8 Å². The summed E-state index contributed by atoms with van der Waals surface area (Å²) in [4.78, 5) is 25.5. The number of ketones is 1. The summed E-state index contributed by atoms with van der Waals surface area (Å²) < 4.78 is 32.3. The molecule has 8 heteroatoms. The van der Waals surface area contributed by atoms with Crippen molar-refractivity contribution < 1.29 is 38.0 Å². The molecule has 0 radical (unpaired) electrons. The number of Topliss-reactive ketones (excluding diaryl/α,β-unsaturated/α-hetero) is 1. The fraction of sp³-hybridized carbons (Fsp3) is 0.364. The van der Waals surface area contributed by atoms with Gasteiger partial charge in [-0.05, 0) is 35.4 Å². The Morgan fingerprint density at radius 2 is 1.57 bits per heavy atom. The first-order valence-corrected chi connectivity index (χ1v) is 9.36. The molecular weight excluding hydrogens is 392 g/mol. The second kappa shape index (κ2) is 7.78. The minimum Gasteiger partial charge on any atom is -0.493 e. The maximum atomic E-state index is 12.9. The van der Waals surface area contributed by atoms with Crippen LogP contribution in [0.3, 0.4) is 0 Å². The Bertz CT molecular complexity index is 987. The van der Waals surface area contributed by atoms with E-state index in [0.717, 1.165) is 5.56 Å². The molecule has 0 saturated carbocycles. The molecule has 0 N–H and O–H groups in total. The average molecular weight is 414 g/mol. The fourth-order valence-corrected chi connectivity index (χ4v) is 4.16. The van der Waals surface area contributed by atoms with E-state index in [-0.39, 0.29) is 19.0 Å². The van der Waals surface area contributed by atoms with Crippen LogP contribution >= 0.6 is 0 Å². The van der Waals surface area contributed by atoms with Crippen molar-refractivity contribution in [1.82, 2.24) is 0 Å². The number of rotatable bonds is 5. The Morgan fingerprint density at radius 3 is 2.13 bits per heavy atom. The van der Waals surface area contributed by atoms with E-state index >= 15 is 0 Å². The topological polar surface area (TPSA) is 89.5 Å². The molecule has 1 aliphatic heterocycles. The van der Waals surface area contributed by atoms with Crippen molar-refractivity contribution in [2.24, 2.45) is 5.92 Å². The average Bonchev–Trinajstić information content (AvgIpc) is 3.23. The van der Waals surface area contributed by atoms with Crippen LogP contribution in [0.5, 0.6) is 28.7 Å². The highest BCUT2D eigenvalue weighted by Gasteiger charge is 2.42. The van der Waals surface area contributed by atoms with Crippen molar-refractivity contribution in [1.29, 1.82) is 0 Å². The molecule has 0 spiro atoms. The van der Waals surface area contributed by atoms with Gasteiger partial charge in [-0.3, -0.25) is 9.59 Å². The smallest absolute Gasteiger partial charge is 0.310 e. The fourth-order valence-electron chi connectivity index (χ4n) is 4.16. The molecular formula is C22H22O8. The van der Waals surface area contributed by atoms with E-state index in [9.17, 15) is 9.59 Å².